The summed E-state index contributed by atoms with van der Waals surface area (Å²) in [5, 5.41) is 6.84. The minimum absolute atomic E-state index is 0.774. The van der Waals surface area contributed by atoms with Crippen LogP contribution in [0.25, 0.3) is 0 Å². The van der Waals surface area contributed by atoms with E-state index in [1.807, 2.05) is 13.0 Å². The van der Waals surface area contributed by atoms with Gasteiger partial charge in [-0.3, -0.25) is 0 Å². The zero-order valence-corrected chi connectivity index (χ0v) is 14.0. The molecule has 0 radical (unpaired) electrons. The molecule has 4 heteroatoms. The van der Waals surface area contributed by atoms with E-state index in [2.05, 4.69) is 59.6 Å². The number of aryl methyl sites for hydroxylation is 3. The number of rotatable bonds is 7. The Labute approximate surface area is 133 Å². The number of benzene rings is 1. The largest absolute Gasteiger partial charge is 0.370 e. The first kappa shape index (κ1) is 16.3. The molecule has 1 heterocycles. The van der Waals surface area contributed by atoms with Crippen LogP contribution in [0.15, 0.2) is 24.3 Å². The Balaban J connectivity index is 2.22. The molecule has 0 fully saturated rings. The Morgan fingerprint density at radius 3 is 2.55 bits per heavy atom. The van der Waals surface area contributed by atoms with Gasteiger partial charge in [-0.15, -0.1) is 0 Å². The van der Waals surface area contributed by atoms with E-state index in [0.717, 1.165) is 42.5 Å². The molecule has 0 spiro atoms. The molecule has 0 atom stereocenters. The molecule has 2 N–H and O–H groups in total. The molecular weight excluding hydrogens is 272 g/mol. The minimum Gasteiger partial charge on any atom is -0.370 e. The van der Waals surface area contributed by atoms with Gasteiger partial charge in [0.1, 0.15) is 17.5 Å². The van der Waals surface area contributed by atoms with E-state index in [4.69, 9.17) is 0 Å². The molecule has 0 amide bonds. The van der Waals surface area contributed by atoms with Crippen LogP contribution in [0.4, 0.5) is 17.3 Å². The van der Waals surface area contributed by atoms with Gasteiger partial charge in [-0.25, -0.2) is 9.97 Å². The van der Waals surface area contributed by atoms with E-state index in [1.165, 1.54) is 17.5 Å². The lowest BCUT2D eigenvalue weighted by Crippen LogP contribution is -2.07. The van der Waals surface area contributed by atoms with Crippen molar-refractivity contribution < 1.29 is 0 Å². The fourth-order valence-corrected chi connectivity index (χ4v) is 2.45. The van der Waals surface area contributed by atoms with Gasteiger partial charge >= 0.3 is 0 Å². The molecule has 1 aromatic heterocycles. The molecule has 0 saturated carbocycles. The normalized spacial score (nSPS) is 10.5. The number of aromatic nitrogens is 2. The molecule has 0 aliphatic carbocycles. The van der Waals surface area contributed by atoms with Gasteiger partial charge in [-0.2, -0.15) is 0 Å². The molecule has 1 aromatic carbocycles. The van der Waals surface area contributed by atoms with Crippen LogP contribution in [0.3, 0.4) is 0 Å². The molecule has 0 aliphatic heterocycles. The van der Waals surface area contributed by atoms with Crippen molar-refractivity contribution in [3.8, 4) is 0 Å². The Kier molecular flexibility index (Phi) is 5.75. The van der Waals surface area contributed by atoms with Crippen molar-refractivity contribution in [1.82, 2.24) is 9.97 Å². The van der Waals surface area contributed by atoms with Crippen LogP contribution in [-0.2, 0) is 6.42 Å². The fraction of sp³-hybridized carbons (Fsp3) is 0.444. The average molecular weight is 298 g/mol. The number of hydrogen-bond donors (Lipinski definition) is 2. The first-order valence-corrected chi connectivity index (χ1v) is 8.09. The van der Waals surface area contributed by atoms with Crippen molar-refractivity contribution in [3.63, 3.8) is 0 Å². The summed E-state index contributed by atoms with van der Waals surface area (Å²) in [6.07, 6.45) is 3.31. The first-order valence-electron chi connectivity index (χ1n) is 8.09. The van der Waals surface area contributed by atoms with Gasteiger partial charge in [-0.1, -0.05) is 38.5 Å². The van der Waals surface area contributed by atoms with E-state index >= 15 is 0 Å². The van der Waals surface area contributed by atoms with E-state index in [0.29, 0.717) is 0 Å². The maximum atomic E-state index is 4.51. The van der Waals surface area contributed by atoms with Crippen LogP contribution in [-0.4, -0.2) is 16.5 Å². The highest BCUT2D eigenvalue weighted by Crippen LogP contribution is 2.25. The molecule has 0 unspecified atom stereocenters. The van der Waals surface area contributed by atoms with Gasteiger partial charge in [0, 0.05) is 18.3 Å². The Morgan fingerprint density at radius 2 is 1.82 bits per heavy atom. The van der Waals surface area contributed by atoms with Crippen molar-refractivity contribution in [1.29, 1.82) is 0 Å². The first-order chi connectivity index (χ1) is 10.6. The third kappa shape index (κ3) is 4.20. The second kappa shape index (κ2) is 7.78. The third-order valence-corrected chi connectivity index (χ3v) is 3.67. The zero-order valence-electron chi connectivity index (χ0n) is 14.0. The van der Waals surface area contributed by atoms with Crippen LogP contribution in [0, 0.1) is 13.8 Å². The Hall–Kier alpha value is -2.10. The quantitative estimate of drug-likeness (QED) is 0.733. The smallest absolute Gasteiger partial charge is 0.136 e. The van der Waals surface area contributed by atoms with Crippen molar-refractivity contribution in [2.45, 2.75) is 47.0 Å². The maximum absolute atomic E-state index is 4.51. The van der Waals surface area contributed by atoms with Crippen LogP contribution in [0.1, 0.15) is 43.6 Å². The maximum Gasteiger partial charge on any atom is 0.136 e. The van der Waals surface area contributed by atoms with Crippen LogP contribution < -0.4 is 10.6 Å². The number of nitrogens with zero attached hydrogens (tertiary/aromatic N) is 2. The number of para-hydroxylation sites is 1. The van der Waals surface area contributed by atoms with Crippen LogP contribution in [0.5, 0.6) is 0 Å². The summed E-state index contributed by atoms with van der Waals surface area (Å²) < 4.78 is 0. The highest BCUT2D eigenvalue weighted by atomic mass is 15.1. The summed E-state index contributed by atoms with van der Waals surface area (Å²) in [7, 11) is 0. The second-order valence-corrected chi connectivity index (χ2v) is 5.55. The number of unbranched alkanes of at least 4 members (excludes halogenated alkanes) is 1. The van der Waals surface area contributed by atoms with Crippen LogP contribution >= 0.6 is 0 Å². The lowest BCUT2D eigenvalue weighted by molar-refractivity contribution is 0.829. The molecule has 22 heavy (non-hydrogen) atoms. The molecule has 118 valence electrons. The van der Waals surface area contributed by atoms with Gasteiger partial charge in [0.2, 0.25) is 0 Å². The van der Waals surface area contributed by atoms with E-state index in [1.54, 1.807) is 0 Å². The molecule has 0 saturated heterocycles. The van der Waals surface area contributed by atoms with Gasteiger partial charge in [-0.05, 0) is 37.8 Å². The minimum atomic E-state index is 0.774. The van der Waals surface area contributed by atoms with Crippen molar-refractivity contribution in [2.75, 3.05) is 17.2 Å². The molecule has 2 aromatic rings. The summed E-state index contributed by atoms with van der Waals surface area (Å²) in [5.74, 6) is 2.50. The van der Waals surface area contributed by atoms with Gasteiger partial charge in [0.25, 0.3) is 0 Å². The van der Waals surface area contributed by atoms with E-state index in [9.17, 15) is 0 Å². The fourth-order valence-electron chi connectivity index (χ4n) is 2.45. The predicted molar refractivity (Wildman–Crippen MR) is 94.0 cm³/mol. The van der Waals surface area contributed by atoms with E-state index < -0.39 is 0 Å². The molecule has 2 rings (SSSR count). The highest BCUT2D eigenvalue weighted by molar-refractivity contribution is 5.66. The van der Waals surface area contributed by atoms with E-state index in [-0.39, 0.29) is 0 Å². The van der Waals surface area contributed by atoms with Gasteiger partial charge < -0.3 is 10.6 Å². The lowest BCUT2D eigenvalue weighted by atomic mass is 10.1. The highest BCUT2D eigenvalue weighted by Gasteiger charge is 2.07. The topological polar surface area (TPSA) is 49.8 Å². The average Bonchev–Trinajstić information content (AvgIpc) is 2.49. The molecule has 0 bridgehead atoms. The van der Waals surface area contributed by atoms with Gasteiger partial charge in [0.15, 0.2) is 0 Å². The summed E-state index contributed by atoms with van der Waals surface area (Å²) in [6.45, 7) is 9.34. The SMILES string of the molecule is CCCCNc1cc(Nc2c(C)cccc2CC)nc(C)n1. The Morgan fingerprint density at radius 1 is 1.05 bits per heavy atom. The van der Waals surface area contributed by atoms with Crippen molar-refractivity contribution in [3.05, 3.63) is 41.2 Å². The summed E-state index contributed by atoms with van der Waals surface area (Å²) in [6, 6.07) is 8.36. The van der Waals surface area contributed by atoms with Crippen molar-refractivity contribution >= 4 is 17.3 Å². The second-order valence-electron chi connectivity index (χ2n) is 5.55. The zero-order chi connectivity index (χ0) is 15.9. The van der Waals surface area contributed by atoms with Crippen molar-refractivity contribution in [2.24, 2.45) is 0 Å². The van der Waals surface area contributed by atoms with Gasteiger partial charge in [0.05, 0.1) is 0 Å². The third-order valence-electron chi connectivity index (χ3n) is 3.67. The number of anilines is 3. The molecule has 0 aliphatic rings. The standard InChI is InChI=1S/C18H26N4/c1-5-7-11-19-16-12-17(21-14(4)20-16)22-18-13(3)9-8-10-15(18)6-2/h8-10,12H,5-7,11H2,1-4H3,(H2,19,20,21,22). The summed E-state index contributed by atoms with van der Waals surface area (Å²) in [5.41, 5.74) is 3.69. The summed E-state index contributed by atoms with van der Waals surface area (Å²) >= 11 is 0. The monoisotopic (exact) mass is 298 g/mol. The van der Waals surface area contributed by atoms with Crippen LogP contribution in [0.2, 0.25) is 0 Å². The molecular formula is C18H26N4. The lowest BCUT2D eigenvalue weighted by Gasteiger charge is -2.15. The number of nitrogens with one attached hydrogen (secondary N) is 2. The predicted octanol–water partition coefficient (Wildman–Crippen LogP) is 4.61. The molecule has 4 nitrogen and oxygen atoms in total. The Bertz CT molecular complexity index is 622. The summed E-state index contributed by atoms with van der Waals surface area (Å²) in [4.78, 5) is 8.96. The number of hydrogen-bond acceptors (Lipinski definition) is 4.